The van der Waals surface area contributed by atoms with Gasteiger partial charge in [0.25, 0.3) is 0 Å². The van der Waals surface area contributed by atoms with Crippen LogP contribution < -0.4 is 0 Å². The predicted molar refractivity (Wildman–Crippen MR) is 35.3 cm³/mol. The highest BCUT2D eigenvalue weighted by Gasteiger charge is 1.95. The molecule has 5 nitrogen and oxygen atoms in total. The van der Waals surface area contributed by atoms with Gasteiger partial charge in [-0.1, -0.05) is 0 Å². The van der Waals surface area contributed by atoms with E-state index in [1.807, 2.05) is 0 Å². The first-order valence-corrected chi connectivity index (χ1v) is 2.80. The summed E-state index contributed by atoms with van der Waals surface area (Å²) in [4.78, 5) is 36.1. The van der Waals surface area contributed by atoms with Crippen molar-refractivity contribution in [2.45, 2.75) is 20.8 Å². The highest BCUT2D eigenvalue weighted by molar-refractivity contribution is 5.69. The van der Waals surface area contributed by atoms with Crippen molar-refractivity contribution in [1.29, 1.82) is 0 Å². The number of hydrogen-bond acceptors (Lipinski definition) is 5. The standard InChI is InChI=1S/C4H6O4.C2H4O/c1-3(5)7-8-4(2)6;1-2-3/h1-2H3;2H,1H3. The molecule has 11 heavy (non-hydrogen) atoms. The van der Waals surface area contributed by atoms with Crippen molar-refractivity contribution in [2.75, 3.05) is 0 Å². The van der Waals surface area contributed by atoms with Gasteiger partial charge in [-0.15, -0.1) is 0 Å². The fourth-order valence-corrected chi connectivity index (χ4v) is 0.117. The Morgan fingerprint density at radius 1 is 1.09 bits per heavy atom. The molecule has 0 aromatic carbocycles. The van der Waals surface area contributed by atoms with Crippen LogP contribution in [0.3, 0.4) is 0 Å². The molecule has 0 bridgehead atoms. The summed E-state index contributed by atoms with van der Waals surface area (Å²) in [5, 5.41) is 0. The number of hydrogen-bond donors (Lipinski definition) is 0. The number of aldehydes is 1. The molecular weight excluding hydrogens is 152 g/mol. The molecule has 64 valence electrons. The number of carbonyl (C=O) groups excluding carboxylic acids is 3. The summed E-state index contributed by atoms with van der Waals surface area (Å²) in [5.41, 5.74) is 0. The van der Waals surface area contributed by atoms with Gasteiger partial charge in [-0.05, 0) is 6.92 Å². The van der Waals surface area contributed by atoms with Gasteiger partial charge in [-0.2, -0.15) is 0 Å². The number of carbonyl (C=O) groups is 3. The van der Waals surface area contributed by atoms with E-state index in [-0.39, 0.29) is 0 Å². The fraction of sp³-hybridized carbons (Fsp3) is 0.500. The molecule has 0 atom stereocenters. The van der Waals surface area contributed by atoms with Gasteiger partial charge in [0.15, 0.2) is 0 Å². The average molecular weight is 162 g/mol. The topological polar surface area (TPSA) is 69.7 Å². The molecule has 0 spiro atoms. The third-order valence-corrected chi connectivity index (χ3v) is 0.276. The first kappa shape index (κ1) is 12.3. The monoisotopic (exact) mass is 162 g/mol. The van der Waals surface area contributed by atoms with Gasteiger partial charge in [0.2, 0.25) is 0 Å². The van der Waals surface area contributed by atoms with E-state index in [9.17, 15) is 9.59 Å². The molecule has 0 saturated heterocycles. The summed E-state index contributed by atoms with van der Waals surface area (Å²) >= 11 is 0. The van der Waals surface area contributed by atoms with E-state index in [1.54, 1.807) is 0 Å². The summed E-state index contributed by atoms with van der Waals surface area (Å²) in [7, 11) is 0. The maximum atomic E-state index is 9.85. The molecule has 0 amide bonds. The highest BCUT2D eigenvalue weighted by atomic mass is 17.2. The van der Waals surface area contributed by atoms with Gasteiger partial charge >= 0.3 is 11.9 Å². The van der Waals surface area contributed by atoms with Crippen LogP contribution in [-0.4, -0.2) is 18.2 Å². The molecule has 0 rings (SSSR count). The zero-order chi connectivity index (χ0) is 9.28. The zero-order valence-corrected chi connectivity index (χ0v) is 6.62. The van der Waals surface area contributed by atoms with Crippen molar-refractivity contribution in [2.24, 2.45) is 0 Å². The molecule has 0 aromatic heterocycles. The van der Waals surface area contributed by atoms with E-state index in [1.165, 1.54) is 6.92 Å². The van der Waals surface area contributed by atoms with E-state index in [2.05, 4.69) is 9.78 Å². The van der Waals surface area contributed by atoms with E-state index in [0.717, 1.165) is 20.1 Å². The minimum Gasteiger partial charge on any atom is -0.304 e. The van der Waals surface area contributed by atoms with Gasteiger partial charge < -0.3 is 4.79 Å². The lowest BCUT2D eigenvalue weighted by molar-refractivity contribution is -0.255. The second-order valence-corrected chi connectivity index (χ2v) is 1.39. The average Bonchev–Trinajstić information content (AvgIpc) is 1.85. The van der Waals surface area contributed by atoms with Gasteiger partial charge in [-0.25, -0.2) is 19.4 Å². The Morgan fingerprint density at radius 3 is 1.36 bits per heavy atom. The second kappa shape index (κ2) is 8.61. The Balaban J connectivity index is 0. The summed E-state index contributed by atoms with van der Waals surface area (Å²) < 4.78 is 0. The number of rotatable bonds is 0. The Kier molecular flexibility index (Phi) is 9.63. The highest BCUT2D eigenvalue weighted by Crippen LogP contribution is 1.78. The van der Waals surface area contributed by atoms with Crippen LogP contribution in [0.1, 0.15) is 20.8 Å². The van der Waals surface area contributed by atoms with Crippen molar-refractivity contribution in [3.05, 3.63) is 0 Å². The fourth-order valence-electron chi connectivity index (χ4n) is 0.117. The van der Waals surface area contributed by atoms with Crippen molar-refractivity contribution >= 4 is 18.2 Å². The van der Waals surface area contributed by atoms with Crippen LogP contribution in [-0.2, 0) is 24.2 Å². The third kappa shape index (κ3) is 28.9. The van der Waals surface area contributed by atoms with Gasteiger partial charge in [0, 0.05) is 13.8 Å². The predicted octanol–water partition coefficient (Wildman–Crippen LogP) is 0.233. The van der Waals surface area contributed by atoms with Crippen LogP contribution in [0, 0.1) is 0 Å². The molecule has 0 aliphatic carbocycles. The van der Waals surface area contributed by atoms with Crippen molar-refractivity contribution in [3.8, 4) is 0 Å². The minimum atomic E-state index is -0.639. The van der Waals surface area contributed by atoms with Crippen LogP contribution in [0.5, 0.6) is 0 Å². The molecule has 5 heteroatoms. The molecule has 0 fully saturated rings. The Bertz CT molecular complexity index is 126. The SMILES string of the molecule is CC(=O)OOC(C)=O.CC=O. The molecule has 0 aliphatic heterocycles. The molecule has 0 aromatic rings. The lowest BCUT2D eigenvalue weighted by Gasteiger charge is -1.93. The summed E-state index contributed by atoms with van der Waals surface area (Å²) in [6.07, 6.45) is 0.750. The Hall–Kier alpha value is -1.39. The zero-order valence-electron chi connectivity index (χ0n) is 6.62. The van der Waals surface area contributed by atoms with E-state index >= 15 is 0 Å². The van der Waals surface area contributed by atoms with Crippen LogP contribution in [0.25, 0.3) is 0 Å². The van der Waals surface area contributed by atoms with Crippen molar-refractivity contribution in [1.82, 2.24) is 0 Å². The normalized spacial score (nSPS) is 6.82. The van der Waals surface area contributed by atoms with Gasteiger partial charge in [0.1, 0.15) is 6.29 Å². The summed E-state index contributed by atoms with van der Waals surface area (Å²) in [6.45, 7) is 3.73. The molecule has 0 saturated carbocycles. The minimum absolute atomic E-state index is 0.639. The van der Waals surface area contributed by atoms with Crippen LogP contribution in [0.4, 0.5) is 0 Å². The molecule has 0 radical (unpaired) electrons. The first-order valence-electron chi connectivity index (χ1n) is 2.80. The summed E-state index contributed by atoms with van der Waals surface area (Å²) in [6, 6.07) is 0. The van der Waals surface area contributed by atoms with E-state index in [4.69, 9.17) is 4.79 Å². The third-order valence-electron chi connectivity index (χ3n) is 0.276. The second-order valence-electron chi connectivity index (χ2n) is 1.39. The smallest absolute Gasteiger partial charge is 0.304 e. The first-order chi connectivity index (χ1) is 5.04. The van der Waals surface area contributed by atoms with Crippen molar-refractivity contribution < 1.29 is 24.2 Å². The Morgan fingerprint density at radius 2 is 1.27 bits per heavy atom. The molecule has 0 aliphatic rings. The molecular formula is C6H10O5. The quantitative estimate of drug-likeness (QED) is 0.290. The van der Waals surface area contributed by atoms with Crippen LogP contribution in [0.2, 0.25) is 0 Å². The molecule has 0 N–H and O–H groups in total. The van der Waals surface area contributed by atoms with Crippen molar-refractivity contribution in [3.63, 3.8) is 0 Å². The molecule has 0 heterocycles. The molecule has 0 unspecified atom stereocenters. The largest absolute Gasteiger partial charge is 0.352 e. The maximum Gasteiger partial charge on any atom is 0.352 e. The van der Waals surface area contributed by atoms with E-state index < -0.39 is 11.9 Å². The van der Waals surface area contributed by atoms with Crippen LogP contribution >= 0.6 is 0 Å². The van der Waals surface area contributed by atoms with Crippen LogP contribution in [0.15, 0.2) is 0 Å². The Labute approximate surface area is 64.2 Å². The van der Waals surface area contributed by atoms with Gasteiger partial charge in [-0.3, -0.25) is 0 Å². The summed E-state index contributed by atoms with van der Waals surface area (Å²) in [5.74, 6) is -1.28. The lowest BCUT2D eigenvalue weighted by Crippen LogP contribution is -2.03. The lowest BCUT2D eigenvalue weighted by atomic mass is 10.8. The maximum absolute atomic E-state index is 9.85. The van der Waals surface area contributed by atoms with Gasteiger partial charge in [0.05, 0.1) is 0 Å². The van der Waals surface area contributed by atoms with E-state index in [0.29, 0.717) is 0 Å².